The first-order chi connectivity index (χ1) is 12.0. The molecule has 26 heavy (non-hydrogen) atoms. The molecule has 1 aromatic rings. The normalized spacial score (nSPS) is 12.7. The Hall–Kier alpha value is -2.64. The number of terminal acetylenes is 1. The Morgan fingerprint density at radius 3 is 2.31 bits per heavy atom. The summed E-state index contributed by atoms with van der Waals surface area (Å²) in [5.74, 6) is -3.71. The van der Waals surface area contributed by atoms with Crippen LogP contribution in [0.3, 0.4) is 0 Å². The smallest absolute Gasteiger partial charge is 0.462 e. The van der Waals surface area contributed by atoms with Crippen molar-refractivity contribution in [3.8, 4) is 23.8 Å². The first kappa shape index (κ1) is 21.4. The van der Waals surface area contributed by atoms with Crippen LogP contribution in [0.25, 0.3) is 0 Å². The van der Waals surface area contributed by atoms with Crippen molar-refractivity contribution in [1.82, 2.24) is 5.43 Å². The van der Waals surface area contributed by atoms with Crippen molar-refractivity contribution in [2.45, 2.75) is 25.1 Å². The Bertz CT molecular complexity index is 682. The van der Waals surface area contributed by atoms with Gasteiger partial charge in [-0.3, -0.25) is 0 Å². The van der Waals surface area contributed by atoms with Gasteiger partial charge in [0.25, 0.3) is 0 Å². The number of hydrazone groups is 1. The van der Waals surface area contributed by atoms with Gasteiger partial charge in [0.05, 0.1) is 12.8 Å². The molecule has 144 valence electrons. The van der Waals surface area contributed by atoms with Gasteiger partial charge in [-0.1, -0.05) is 5.92 Å². The van der Waals surface area contributed by atoms with Gasteiger partial charge in [0.1, 0.15) is 6.61 Å². The van der Waals surface area contributed by atoms with Crippen LogP contribution < -0.4 is 14.9 Å². The lowest BCUT2D eigenvalue weighted by molar-refractivity contribution is -0.361. The summed E-state index contributed by atoms with van der Waals surface area (Å²) in [6.45, 7) is 1.78. The summed E-state index contributed by atoms with van der Waals surface area (Å²) in [6.07, 6.45) is -0.784. The number of nitrogens with zero attached hydrogens (tertiary/aromatic N) is 1. The van der Waals surface area contributed by atoms with E-state index < -0.39 is 18.1 Å². The quantitative estimate of drug-likeness (QED) is 0.243. The van der Waals surface area contributed by atoms with Gasteiger partial charge in [0.2, 0.25) is 0 Å². The van der Waals surface area contributed by atoms with Gasteiger partial charge in [-0.15, -0.1) is 6.42 Å². The summed E-state index contributed by atoms with van der Waals surface area (Å²) < 4.78 is 97.9. The number of hydrogen-bond donors (Lipinski definition) is 1. The lowest BCUT2D eigenvalue weighted by Gasteiger charge is -2.27. The highest BCUT2D eigenvalue weighted by Gasteiger charge is 2.73. The molecular formula is C15H13F7N2O2. The molecule has 0 atom stereocenters. The van der Waals surface area contributed by atoms with Crippen LogP contribution in [0, 0.1) is 12.3 Å². The molecule has 0 fully saturated rings. The third kappa shape index (κ3) is 4.93. The third-order valence-electron chi connectivity index (χ3n) is 2.75. The predicted molar refractivity (Wildman–Crippen MR) is 78.6 cm³/mol. The number of hydrogen-bond acceptors (Lipinski definition) is 4. The Morgan fingerprint density at radius 2 is 1.77 bits per heavy atom. The van der Waals surface area contributed by atoms with Gasteiger partial charge in [0.15, 0.2) is 11.5 Å². The predicted octanol–water partition coefficient (Wildman–Crippen LogP) is 3.81. The molecule has 0 aliphatic carbocycles. The van der Waals surface area contributed by atoms with Crippen molar-refractivity contribution >= 4 is 6.21 Å². The van der Waals surface area contributed by atoms with Crippen molar-refractivity contribution in [2.75, 3.05) is 13.2 Å². The largest absolute Gasteiger partial charge is 0.490 e. The number of alkyl halides is 7. The van der Waals surface area contributed by atoms with Crippen LogP contribution in [0.4, 0.5) is 30.7 Å². The molecule has 4 nitrogen and oxygen atoms in total. The number of rotatable bonds is 8. The van der Waals surface area contributed by atoms with Gasteiger partial charge in [-0.2, -0.15) is 35.8 Å². The standard InChI is InChI=1S/C15H13F7N2O2/c1-3-7-26-11-6-5-10(8-12(11)25-4-2)9-23-24-15(21,22)13(16,17)14(18,19)20/h1,5-6,8-9,24H,4,7H2,2H3/b23-9+. The molecule has 1 rings (SSSR count). The van der Waals surface area contributed by atoms with Crippen LogP contribution in [0.2, 0.25) is 0 Å². The highest BCUT2D eigenvalue weighted by molar-refractivity contribution is 5.80. The maximum absolute atomic E-state index is 13.0. The fourth-order valence-corrected chi connectivity index (χ4v) is 1.55. The molecule has 1 aromatic carbocycles. The first-order valence-electron chi connectivity index (χ1n) is 6.92. The zero-order chi connectivity index (χ0) is 20.0. The van der Waals surface area contributed by atoms with Crippen LogP contribution in [-0.4, -0.2) is 37.6 Å². The van der Waals surface area contributed by atoms with Gasteiger partial charge in [0, 0.05) is 0 Å². The molecule has 0 aliphatic heterocycles. The molecule has 11 heteroatoms. The molecule has 0 aromatic heterocycles. The minimum Gasteiger partial charge on any atom is -0.490 e. The molecule has 0 spiro atoms. The summed E-state index contributed by atoms with van der Waals surface area (Å²) in [4.78, 5) is 0. The second-order valence-corrected chi connectivity index (χ2v) is 4.65. The van der Waals surface area contributed by atoms with E-state index in [1.54, 1.807) is 6.92 Å². The molecular weight excluding hydrogens is 373 g/mol. The van der Waals surface area contributed by atoms with E-state index in [1.165, 1.54) is 18.2 Å². The van der Waals surface area contributed by atoms with Crippen molar-refractivity contribution in [3.05, 3.63) is 23.8 Å². The Kier molecular flexibility index (Phi) is 6.72. The van der Waals surface area contributed by atoms with E-state index in [2.05, 4.69) is 11.0 Å². The second kappa shape index (κ2) is 8.16. The zero-order valence-corrected chi connectivity index (χ0v) is 13.2. The van der Waals surface area contributed by atoms with E-state index >= 15 is 0 Å². The van der Waals surface area contributed by atoms with Crippen molar-refractivity contribution in [1.29, 1.82) is 0 Å². The van der Waals surface area contributed by atoms with E-state index in [-0.39, 0.29) is 30.3 Å². The Morgan fingerprint density at radius 1 is 1.12 bits per heavy atom. The van der Waals surface area contributed by atoms with Crippen LogP contribution in [0.1, 0.15) is 12.5 Å². The van der Waals surface area contributed by atoms with E-state index in [0.29, 0.717) is 11.6 Å². The molecule has 0 saturated carbocycles. The van der Waals surface area contributed by atoms with Crippen LogP contribution >= 0.6 is 0 Å². The van der Waals surface area contributed by atoms with E-state index in [9.17, 15) is 30.7 Å². The maximum atomic E-state index is 13.0. The highest BCUT2D eigenvalue weighted by atomic mass is 19.4. The van der Waals surface area contributed by atoms with Crippen LogP contribution in [-0.2, 0) is 0 Å². The van der Waals surface area contributed by atoms with Gasteiger partial charge < -0.3 is 9.47 Å². The molecule has 1 N–H and O–H groups in total. The summed E-state index contributed by atoms with van der Waals surface area (Å²) in [5.41, 5.74) is 0.592. The van der Waals surface area contributed by atoms with Gasteiger partial charge in [-0.05, 0) is 30.7 Å². The molecule has 0 unspecified atom stereocenters. The number of nitrogens with one attached hydrogen (secondary N) is 1. The minimum absolute atomic E-state index is 0.0696. The van der Waals surface area contributed by atoms with Gasteiger partial charge in [-0.25, -0.2) is 5.43 Å². The molecule has 0 amide bonds. The topological polar surface area (TPSA) is 42.8 Å². The van der Waals surface area contributed by atoms with Gasteiger partial charge >= 0.3 is 18.1 Å². The first-order valence-corrected chi connectivity index (χ1v) is 6.92. The average Bonchev–Trinajstić information content (AvgIpc) is 2.53. The van der Waals surface area contributed by atoms with Crippen molar-refractivity contribution in [3.63, 3.8) is 0 Å². The number of halogens is 7. The zero-order valence-electron chi connectivity index (χ0n) is 13.2. The van der Waals surface area contributed by atoms with E-state index in [0.717, 1.165) is 0 Å². The Balaban J connectivity index is 2.94. The van der Waals surface area contributed by atoms with E-state index in [4.69, 9.17) is 15.9 Å². The number of benzene rings is 1. The molecule has 0 saturated heterocycles. The van der Waals surface area contributed by atoms with Crippen molar-refractivity contribution < 1.29 is 40.2 Å². The lowest BCUT2D eigenvalue weighted by Crippen LogP contribution is -2.58. The average molecular weight is 386 g/mol. The summed E-state index contributed by atoms with van der Waals surface area (Å²) in [7, 11) is 0. The highest BCUT2D eigenvalue weighted by Crippen LogP contribution is 2.45. The summed E-state index contributed by atoms with van der Waals surface area (Å²) >= 11 is 0. The SMILES string of the molecule is C#CCOc1ccc(/C=N/NC(F)(F)C(F)(F)C(F)(F)F)cc1OCC. The van der Waals surface area contributed by atoms with Crippen molar-refractivity contribution in [2.24, 2.45) is 5.10 Å². The summed E-state index contributed by atoms with van der Waals surface area (Å²) in [5, 5.41) is 2.75. The summed E-state index contributed by atoms with van der Waals surface area (Å²) in [6, 6.07) is -1.77. The lowest BCUT2D eigenvalue weighted by atomic mass is 10.2. The minimum atomic E-state index is -6.45. The fraction of sp³-hybridized carbons (Fsp3) is 0.400. The Labute approximate surface area is 144 Å². The third-order valence-corrected chi connectivity index (χ3v) is 2.75. The van der Waals surface area contributed by atoms with Crippen LogP contribution in [0.15, 0.2) is 23.3 Å². The number of ether oxygens (including phenoxy) is 2. The fourth-order valence-electron chi connectivity index (χ4n) is 1.55. The van der Waals surface area contributed by atoms with E-state index in [1.807, 2.05) is 0 Å². The molecule has 0 bridgehead atoms. The maximum Gasteiger partial charge on any atom is 0.462 e. The second-order valence-electron chi connectivity index (χ2n) is 4.65. The monoisotopic (exact) mass is 386 g/mol. The molecule has 0 heterocycles. The van der Waals surface area contributed by atoms with Crippen LogP contribution in [0.5, 0.6) is 11.5 Å². The molecule has 0 aliphatic rings. The molecule has 0 radical (unpaired) electrons.